The highest BCUT2D eigenvalue weighted by atomic mass is 35.5. The fraction of sp³-hybridized carbons (Fsp3) is 0.700. The molecular formula is C10H16ClN3O2S. The average molecular weight is 278 g/mol. The number of nitrogens with one attached hydrogen (secondary N) is 1. The van der Waals surface area contributed by atoms with Crippen molar-refractivity contribution in [3.05, 3.63) is 12.0 Å². The summed E-state index contributed by atoms with van der Waals surface area (Å²) >= 11 is 5.68. The number of rotatable bonds is 4. The third-order valence-electron chi connectivity index (χ3n) is 3.06. The topological polar surface area (TPSA) is 66.1 Å². The van der Waals surface area contributed by atoms with Crippen LogP contribution in [-0.4, -0.2) is 41.7 Å². The van der Waals surface area contributed by atoms with Gasteiger partial charge >= 0.3 is 0 Å². The first-order chi connectivity index (χ1) is 8.04. The zero-order chi connectivity index (χ0) is 12.5. The zero-order valence-corrected chi connectivity index (χ0v) is 11.3. The number of hydrogen-bond donors (Lipinski definition) is 1. The number of alkyl halides is 1. The number of halogens is 1. The molecule has 2 rings (SSSR count). The van der Waals surface area contributed by atoms with Gasteiger partial charge in [-0.3, -0.25) is 0 Å². The summed E-state index contributed by atoms with van der Waals surface area (Å²) in [5, 5.41) is 0.182. The Bertz CT molecular complexity index is 485. The van der Waals surface area contributed by atoms with Gasteiger partial charge in [0.2, 0.25) is 0 Å². The van der Waals surface area contributed by atoms with Crippen LogP contribution in [0, 0.1) is 12.8 Å². The number of hydrogen-bond acceptors (Lipinski definition) is 3. The molecule has 5 nitrogen and oxygen atoms in total. The lowest BCUT2D eigenvalue weighted by Crippen LogP contribution is -2.29. The lowest BCUT2D eigenvalue weighted by molar-refractivity contribution is 0.451. The second kappa shape index (κ2) is 4.96. The molecule has 0 bridgehead atoms. The molecule has 0 amide bonds. The van der Waals surface area contributed by atoms with E-state index in [-0.39, 0.29) is 5.03 Å². The van der Waals surface area contributed by atoms with Crippen molar-refractivity contribution in [2.24, 2.45) is 5.92 Å². The molecular weight excluding hydrogens is 262 g/mol. The van der Waals surface area contributed by atoms with E-state index < -0.39 is 10.0 Å². The van der Waals surface area contributed by atoms with E-state index in [4.69, 9.17) is 11.6 Å². The third-order valence-corrected chi connectivity index (χ3v) is 5.06. The molecule has 96 valence electrons. The smallest absolute Gasteiger partial charge is 0.260 e. The van der Waals surface area contributed by atoms with E-state index in [2.05, 4.69) is 9.97 Å². The number of aromatic nitrogens is 2. The zero-order valence-electron chi connectivity index (χ0n) is 9.69. The van der Waals surface area contributed by atoms with E-state index in [1.807, 2.05) is 0 Å². The molecule has 0 radical (unpaired) electrons. The Labute approximate surface area is 106 Å². The number of H-pyrrole nitrogens is 1. The van der Waals surface area contributed by atoms with Crippen LogP contribution in [0.15, 0.2) is 11.2 Å². The second-order valence-electron chi connectivity index (χ2n) is 4.33. The van der Waals surface area contributed by atoms with E-state index in [1.165, 1.54) is 10.5 Å². The Hall–Kier alpha value is -0.590. The molecule has 1 aliphatic heterocycles. The lowest BCUT2D eigenvalue weighted by Gasteiger charge is -2.14. The van der Waals surface area contributed by atoms with Crippen molar-refractivity contribution in [2.45, 2.75) is 24.8 Å². The normalized spacial score (nSPS) is 22.1. The number of aryl methyl sites for hydroxylation is 1. The summed E-state index contributed by atoms with van der Waals surface area (Å²) in [6.07, 6.45) is 3.13. The van der Waals surface area contributed by atoms with Crippen LogP contribution in [0.25, 0.3) is 0 Å². The molecule has 0 saturated carbocycles. The van der Waals surface area contributed by atoms with Crippen LogP contribution in [-0.2, 0) is 10.0 Å². The lowest BCUT2D eigenvalue weighted by atomic mass is 10.1. The van der Waals surface area contributed by atoms with Gasteiger partial charge < -0.3 is 4.98 Å². The van der Waals surface area contributed by atoms with Gasteiger partial charge in [-0.05, 0) is 25.7 Å². The highest BCUT2D eigenvalue weighted by Crippen LogP contribution is 2.25. The molecule has 1 aromatic rings. The molecule has 2 heterocycles. The maximum Gasteiger partial charge on any atom is 0.260 e. The summed E-state index contributed by atoms with van der Waals surface area (Å²) in [5.41, 5.74) is 0. The molecule has 0 aliphatic carbocycles. The van der Waals surface area contributed by atoms with E-state index in [1.54, 1.807) is 6.92 Å². The minimum Gasteiger partial charge on any atom is -0.332 e. The first kappa shape index (κ1) is 12.9. The number of imidazole rings is 1. The SMILES string of the molecule is Cc1ncc(S(=O)(=O)N2CCC(CCCl)C2)[nH]1. The largest absolute Gasteiger partial charge is 0.332 e. The predicted molar refractivity (Wildman–Crippen MR) is 65.5 cm³/mol. The quantitative estimate of drug-likeness (QED) is 0.845. The molecule has 17 heavy (non-hydrogen) atoms. The Morgan fingerprint density at radius 3 is 3.00 bits per heavy atom. The van der Waals surface area contributed by atoms with E-state index in [0.29, 0.717) is 30.7 Å². The van der Waals surface area contributed by atoms with E-state index in [9.17, 15) is 8.42 Å². The van der Waals surface area contributed by atoms with Crippen molar-refractivity contribution in [3.8, 4) is 0 Å². The number of aromatic amines is 1. The molecule has 7 heteroatoms. The third kappa shape index (κ3) is 2.64. The number of sulfonamides is 1. The van der Waals surface area contributed by atoms with Gasteiger partial charge in [-0.15, -0.1) is 11.6 Å². The summed E-state index contributed by atoms with van der Waals surface area (Å²) < 4.78 is 25.9. The Morgan fingerprint density at radius 2 is 2.41 bits per heavy atom. The highest BCUT2D eigenvalue weighted by Gasteiger charge is 2.33. The fourth-order valence-corrected chi connectivity index (χ4v) is 3.88. The maximum absolute atomic E-state index is 12.2. The molecule has 1 N–H and O–H groups in total. The highest BCUT2D eigenvalue weighted by molar-refractivity contribution is 7.89. The van der Waals surface area contributed by atoms with Gasteiger partial charge in [0.1, 0.15) is 5.82 Å². The number of nitrogens with zero attached hydrogens (tertiary/aromatic N) is 2. The van der Waals surface area contributed by atoms with Gasteiger partial charge in [0.25, 0.3) is 10.0 Å². The van der Waals surface area contributed by atoms with Gasteiger partial charge in [0.15, 0.2) is 5.03 Å². The Balaban J connectivity index is 2.13. The average Bonchev–Trinajstić information content (AvgIpc) is 2.88. The van der Waals surface area contributed by atoms with Crippen molar-refractivity contribution < 1.29 is 8.42 Å². The Morgan fingerprint density at radius 1 is 1.65 bits per heavy atom. The summed E-state index contributed by atoms with van der Waals surface area (Å²) in [6, 6.07) is 0. The van der Waals surface area contributed by atoms with Gasteiger partial charge in [0, 0.05) is 19.0 Å². The molecule has 1 aromatic heterocycles. The summed E-state index contributed by atoms with van der Waals surface area (Å²) in [4.78, 5) is 6.70. The predicted octanol–water partition coefficient (Wildman–Crippen LogP) is 1.36. The molecule has 1 saturated heterocycles. The summed E-state index contributed by atoms with van der Waals surface area (Å²) in [5.74, 6) is 1.58. The van der Waals surface area contributed by atoms with Crippen LogP contribution in [0.3, 0.4) is 0 Å². The molecule has 1 atom stereocenters. The van der Waals surface area contributed by atoms with Crippen LogP contribution < -0.4 is 0 Å². The van der Waals surface area contributed by atoms with E-state index >= 15 is 0 Å². The van der Waals surface area contributed by atoms with Crippen LogP contribution >= 0.6 is 11.6 Å². The molecule has 0 spiro atoms. The van der Waals surface area contributed by atoms with Crippen LogP contribution in [0.4, 0.5) is 0 Å². The fourth-order valence-electron chi connectivity index (χ4n) is 2.07. The molecule has 1 aliphatic rings. The Kier molecular flexibility index (Phi) is 3.75. The second-order valence-corrected chi connectivity index (χ2v) is 6.61. The van der Waals surface area contributed by atoms with Gasteiger partial charge in [-0.25, -0.2) is 13.4 Å². The first-order valence-corrected chi connectivity index (χ1v) is 7.59. The van der Waals surface area contributed by atoms with Crippen LogP contribution in [0.1, 0.15) is 18.7 Å². The van der Waals surface area contributed by atoms with Gasteiger partial charge in [-0.2, -0.15) is 4.31 Å². The standard InChI is InChI=1S/C10H16ClN3O2S/c1-8-12-6-10(13-8)17(15,16)14-5-3-9(7-14)2-4-11/h6,9H,2-5,7H2,1H3,(H,12,13). The minimum atomic E-state index is -3.40. The van der Waals surface area contributed by atoms with Crippen LogP contribution in [0.2, 0.25) is 0 Å². The van der Waals surface area contributed by atoms with Gasteiger partial charge in [0.05, 0.1) is 6.20 Å². The van der Waals surface area contributed by atoms with Crippen molar-refractivity contribution in [3.63, 3.8) is 0 Å². The summed E-state index contributed by atoms with van der Waals surface area (Å²) in [6.45, 7) is 2.87. The van der Waals surface area contributed by atoms with Crippen molar-refractivity contribution >= 4 is 21.6 Å². The van der Waals surface area contributed by atoms with Crippen LogP contribution in [0.5, 0.6) is 0 Å². The molecule has 0 aromatic carbocycles. The monoisotopic (exact) mass is 277 g/mol. The minimum absolute atomic E-state index is 0.182. The van der Waals surface area contributed by atoms with Crippen molar-refractivity contribution in [2.75, 3.05) is 19.0 Å². The molecule has 1 unspecified atom stereocenters. The van der Waals surface area contributed by atoms with Crippen molar-refractivity contribution in [1.29, 1.82) is 0 Å². The first-order valence-electron chi connectivity index (χ1n) is 5.61. The summed E-state index contributed by atoms with van der Waals surface area (Å²) in [7, 11) is -3.40. The molecule has 1 fully saturated rings. The maximum atomic E-state index is 12.2. The van der Waals surface area contributed by atoms with E-state index in [0.717, 1.165) is 12.8 Å². The van der Waals surface area contributed by atoms with Crippen molar-refractivity contribution in [1.82, 2.24) is 14.3 Å². The van der Waals surface area contributed by atoms with Gasteiger partial charge in [-0.1, -0.05) is 0 Å².